The summed E-state index contributed by atoms with van der Waals surface area (Å²) < 4.78 is 4.66. The van der Waals surface area contributed by atoms with Crippen molar-refractivity contribution in [3.05, 3.63) is 45.9 Å². The summed E-state index contributed by atoms with van der Waals surface area (Å²) in [6.45, 7) is 5.97. The van der Waals surface area contributed by atoms with Gasteiger partial charge in [0.25, 0.3) is 0 Å². The van der Waals surface area contributed by atoms with Crippen LogP contribution in [0.2, 0.25) is 0 Å². The predicted octanol–water partition coefficient (Wildman–Crippen LogP) is 3.63. The summed E-state index contributed by atoms with van der Waals surface area (Å²) in [6.07, 6.45) is 0. The van der Waals surface area contributed by atoms with Gasteiger partial charge in [-0.15, -0.1) is 11.3 Å². The average molecular weight is 372 g/mol. The molecule has 2 aromatic rings. The number of methoxy groups -OCH3 is 1. The number of urea groups is 1. The van der Waals surface area contributed by atoms with Crippen LogP contribution in [0.4, 0.5) is 10.5 Å². The molecule has 0 atom stereocenters. The molecule has 2 amide bonds. The van der Waals surface area contributed by atoms with Crippen molar-refractivity contribution in [1.29, 1.82) is 5.26 Å². The summed E-state index contributed by atoms with van der Waals surface area (Å²) >= 11 is 1.29. The standard InChI is InChI=1S/C18H20N4O3S/c1-18(2,3)22(10-15-21-14(11-26-15)16(23)25-4)17(24)20-13-7-5-6-12(8-13)9-19/h5-8,11H,10H2,1-4H3,(H,20,24). The van der Waals surface area contributed by atoms with Gasteiger partial charge in [0.05, 0.1) is 25.3 Å². The molecular formula is C18H20N4O3S. The van der Waals surface area contributed by atoms with Gasteiger partial charge in [-0.1, -0.05) is 6.07 Å². The van der Waals surface area contributed by atoms with E-state index in [0.717, 1.165) is 0 Å². The van der Waals surface area contributed by atoms with Gasteiger partial charge in [-0.25, -0.2) is 14.6 Å². The average Bonchev–Trinajstić information content (AvgIpc) is 3.06. The fourth-order valence-corrected chi connectivity index (χ4v) is 2.94. The van der Waals surface area contributed by atoms with Gasteiger partial charge < -0.3 is 15.0 Å². The molecule has 8 heteroatoms. The molecule has 0 aliphatic heterocycles. The third-order valence-corrected chi connectivity index (χ3v) is 4.37. The van der Waals surface area contributed by atoms with E-state index in [-0.39, 0.29) is 18.3 Å². The van der Waals surface area contributed by atoms with Crippen molar-refractivity contribution >= 4 is 29.0 Å². The first kappa shape index (κ1) is 19.4. The van der Waals surface area contributed by atoms with Crippen LogP contribution in [0.3, 0.4) is 0 Å². The number of anilines is 1. The maximum atomic E-state index is 12.8. The molecule has 26 heavy (non-hydrogen) atoms. The lowest BCUT2D eigenvalue weighted by molar-refractivity contribution is 0.0594. The van der Waals surface area contributed by atoms with E-state index in [1.165, 1.54) is 18.4 Å². The Morgan fingerprint density at radius 1 is 1.38 bits per heavy atom. The smallest absolute Gasteiger partial charge is 0.357 e. The van der Waals surface area contributed by atoms with E-state index in [2.05, 4.69) is 15.0 Å². The Morgan fingerprint density at radius 3 is 2.73 bits per heavy atom. The zero-order valence-corrected chi connectivity index (χ0v) is 15.9. The second-order valence-electron chi connectivity index (χ2n) is 6.50. The van der Waals surface area contributed by atoms with Crippen LogP contribution in [0.5, 0.6) is 0 Å². The number of carbonyl (C=O) groups is 2. The number of nitriles is 1. The zero-order valence-electron chi connectivity index (χ0n) is 15.1. The molecule has 0 unspecified atom stereocenters. The lowest BCUT2D eigenvalue weighted by atomic mass is 10.1. The highest BCUT2D eigenvalue weighted by Crippen LogP contribution is 2.22. The molecule has 0 fully saturated rings. The normalized spacial score (nSPS) is 10.7. The number of amides is 2. The number of benzene rings is 1. The van der Waals surface area contributed by atoms with Gasteiger partial charge in [0.1, 0.15) is 5.01 Å². The number of aromatic nitrogens is 1. The molecule has 0 bridgehead atoms. The number of carbonyl (C=O) groups excluding carboxylic acids is 2. The molecule has 1 aromatic carbocycles. The highest BCUT2D eigenvalue weighted by molar-refractivity contribution is 7.09. The van der Waals surface area contributed by atoms with Crippen LogP contribution < -0.4 is 5.32 Å². The quantitative estimate of drug-likeness (QED) is 0.827. The first-order valence-corrected chi connectivity index (χ1v) is 8.74. The van der Waals surface area contributed by atoms with E-state index >= 15 is 0 Å². The van der Waals surface area contributed by atoms with Crippen molar-refractivity contribution in [2.24, 2.45) is 0 Å². The maximum Gasteiger partial charge on any atom is 0.357 e. The molecular weight excluding hydrogens is 352 g/mol. The van der Waals surface area contributed by atoms with E-state index in [1.807, 2.05) is 26.8 Å². The summed E-state index contributed by atoms with van der Waals surface area (Å²) in [4.78, 5) is 30.2. The molecule has 7 nitrogen and oxygen atoms in total. The van der Waals surface area contributed by atoms with E-state index in [1.54, 1.807) is 34.5 Å². The van der Waals surface area contributed by atoms with Crippen LogP contribution in [0, 0.1) is 11.3 Å². The minimum Gasteiger partial charge on any atom is -0.464 e. The highest BCUT2D eigenvalue weighted by Gasteiger charge is 2.28. The van der Waals surface area contributed by atoms with Crippen LogP contribution in [0.15, 0.2) is 29.6 Å². The summed E-state index contributed by atoms with van der Waals surface area (Å²) in [6, 6.07) is 8.43. The lowest BCUT2D eigenvalue weighted by Crippen LogP contribution is -2.47. The van der Waals surface area contributed by atoms with Gasteiger partial charge in [-0.3, -0.25) is 0 Å². The van der Waals surface area contributed by atoms with Crippen LogP contribution >= 0.6 is 11.3 Å². The van der Waals surface area contributed by atoms with Crippen molar-refractivity contribution in [2.45, 2.75) is 32.9 Å². The van der Waals surface area contributed by atoms with Crippen LogP contribution in [0.1, 0.15) is 41.8 Å². The third kappa shape index (κ3) is 4.80. The number of ether oxygens (including phenoxy) is 1. The largest absolute Gasteiger partial charge is 0.464 e. The molecule has 0 saturated carbocycles. The number of thiazole rings is 1. The van der Waals surface area contributed by atoms with Gasteiger partial charge in [-0.2, -0.15) is 5.26 Å². The first-order chi connectivity index (χ1) is 12.2. The summed E-state index contributed by atoms with van der Waals surface area (Å²) in [5, 5.41) is 14.0. The summed E-state index contributed by atoms with van der Waals surface area (Å²) in [5.74, 6) is -0.507. The monoisotopic (exact) mass is 372 g/mol. The second-order valence-corrected chi connectivity index (χ2v) is 7.44. The van der Waals surface area contributed by atoms with E-state index in [4.69, 9.17) is 5.26 Å². The maximum absolute atomic E-state index is 12.8. The van der Waals surface area contributed by atoms with Crippen molar-refractivity contribution in [3.8, 4) is 6.07 Å². The second kappa shape index (κ2) is 7.97. The number of rotatable bonds is 4. The minimum atomic E-state index is -0.507. The van der Waals surface area contributed by atoms with Crippen molar-refractivity contribution in [1.82, 2.24) is 9.88 Å². The summed E-state index contributed by atoms with van der Waals surface area (Å²) in [5.41, 5.74) is 0.752. The molecule has 1 heterocycles. The highest BCUT2D eigenvalue weighted by atomic mass is 32.1. The Balaban J connectivity index is 2.19. The number of hydrogen-bond acceptors (Lipinski definition) is 6. The predicted molar refractivity (Wildman–Crippen MR) is 98.9 cm³/mol. The fraction of sp³-hybridized carbons (Fsp3) is 0.333. The van der Waals surface area contributed by atoms with Gasteiger partial charge in [0.15, 0.2) is 5.69 Å². The first-order valence-electron chi connectivity index (χ1n) is 7.86. The Morgan fingerprint density at radius 2 is 2.12 bits per heavy atom. The minimum absolute atomic E-state index is 0.225. The Bertz CT molecular complexity index is 849. The molecule has 1 N–H and O–H groups in total. The van der Waals surface area contributed by atoms with E-state index in [0.29, 0.717) is 16.3 Å². The number of nitrogens with one attached hydrogen (secondary N) is 1. The van der Waals surface area contributed by atoms with Gasteiger partial charge >= 0.3 is 12.0 Å². The van der Waals surface area contributed by atoms with Crippen LogP contribution in [0.25, 0.3) is 0 Å². The van der Waals surface area contributed by atoms with E-state index in [9.17, 15) is 9.59 Å². The molecule has 0 saturated heterocycles. The molecule has 0 aliphatic carbocycles. The molecule has 0 radical (unpaired) electrons. The Labute approximate surface area is 156 Å². The molecule has 2 rings (SSSR count). The zero-order chi connectivity index (χ0) is 19.3. The molecule has 1 aromatic heterocycles. The third-order valence-electron chi connectivity index (χ3n) is 3.54. The number of hydrogen-bond donors (Lipinski definition) is 1. The van der Waals surface area contributed by atoms with Crippen molar-refractivity contribution < 1.29 is 14.3 Å². The SMILES string of the molecule is COC(=O)c1csc(CN(C(=O)Nc2cccc(C#N)c2)C(C)(C)C)n1. The van der Waals surface area contributed by atoms with Gasteiger partial charge in [0.2, 0.25) is 0 Å². The molecule has 0 spiro atoms. The summed E-state index contributed by atoms with van der Waals surface area (Å²) in [7, 11) is 1.30. The van der Waals surface area contributed by atoms with Crippen LogP contribution in [-0.2, 0) is 11.3 Å². The topological polar surface area (TPSA) is 95.3 Å². The number of esters is 1. The van der Waals surface area contributed by atoms with Crippen molar-refractivity contribution in [2.75, 3.05) is 12.4 Å². The number of nitrogens with zero attached hydrogens (tertiary/aromatic N) is 3. The van der Waals surface area contributed by atoms with Gasteiger partial charge in [-0.05, 0) is 39.0 Å². The Hall–Kier alpha value is -2.92. The Kier molecular flexibility index (Phi) is 5.95. The fourth-order valence-electron chi connectivity index (χ4n) is 2.19. The van der Waals surface area contributed by atoms with Gasteiger partial charge in [0, 0.05) is 16.6 Å². The van der Waals surface area contributed by atoms with E-state index < -0.39 is 11.5 Å². The van der Waals surface area contributed by atoms with Crippen molar-refractivity contribution in [3.63, 3.8) is 0 Å². The molecule has 0 aliphatic rings. The van der Waals surface area contributed by atoms with Crippen LogP contribution in [-0.4, -0.2) is 34.5 Å². The lowest BCUT2D eigenvalue weighted by Gasteiger charge is -2.35. The molecule has 136 valence electrons.